The minimum atomic E-state index is -1.15. The van der Waals surface area contributed by atoms with Crippen LogP contribution in [0.25, 0.3) is 17.4 Å². The van der Waals surface area contributed by atoms with Crippen molar-refractivity contribution in [3.8, 4) is 11.3 Å². The summed E-state index contributed by atoms with van der Waals surface area (Å²) >= 11 is 6.02. The van der Waals surface area contributed by atoms with Crippen LogP contribution >= 0.6 is 11.6 Å². The summed E-state index contributed by atoms with van der Waals surface area (Å²) in [4.78, 5) is 49.9. The topological polar surface area (TPSA) is 117 Å². The van der Waals surface area contributed by atoms with Crippen molar-refractivity contribution in [3.05, 3.63) is 81.6 Å². The summed E-state index contributed by atoms with van der Waals surface area (Å²) in [5, 5.41) is 11.3. The number of aryl methyl sites for hydroxylation is 2. The number of nitrogens with one attached hydrogen (secondary N) is 1. The Morgan fingerprint density at radius 3 is 2.36 bits per heavy atom. The van der Waals surface area contributed by atoms with Crippen LogP contribution in [0.4, 0.5) is 10.5 Å². The number of halogens is 1. The zero-order valence-corrected chi connectivity index (χ0v) is 18.3. The van der Waals surface area contributed by atoms with Gasteiger partial charge in [-0.1, -0.05) is 23.7 Å². The average molecular weight is 465 g/mol. The number of furan rings is 1. The van der Waals surface area contributed by atoms with Gasteiger partial charge >= 0.3 is 12.0 Å². The highest BCUT2D eigenvalue weighted by Gasteiger charge is 2.37. The molecule has 4 amide bonds. The number of carbonyl (C=O) groups is 4. The number of benzene rings is 2. The van der Waals surface area contributed by atoms with E-state index in [9.17, 15) is 19.2 Å². The predicted molar refractivity (Wildman–Crippen MR) is 121 cm³/mol. The molecule has 0 unspecified atom stereocenters. The lowest BCUT2D eigenvalue weighted by Gasteiger charge is -2.26. The number of hydrogen-bond donors (Lipinski definition) is 2. The van der Waals surface area contributed by atoms with Crippen molar-refractivity contribution in [2.24, 2.45) is 0 Å². The number of anilines is 1. The fourth-order valence-corrected chi connectivity index (χ4v) is 3.80. The normalized spacial score (nSPS) is 15.2. The monoisotopic (exact) mass is 464 g/mol. The Balaban J connectivity index is 1.67. The molecule has 0 atom stereocenters. The molecule has 9 heteroatoms. The van der Waals surface area contributed by atoms with E-state index in [4.69, 9.17) is 21.1 Å². The van der Waals surface area contributed by atoms with Crippen molar-refractivity contribution in [2.75, 3.05) is 4.90 Å². The lowest BCUT2D eigenvalue weighted by atomic mass is 10.1. The number of carbonyl (C=O) groups excluding carboxylic acids is 3. The number of barbiturate groups is 1. The van der Waals surface area contributed by atoms with Crippen molar-refractivity contribution in [1.82, 2.24) is 5.32 Å². The summed E-state index contributed by atoms with van der Waals surface area (Å²) in [5.74, 6) is -2.22. The van der Waals surface area contributed by atoms with Gasteiger partial charge in [-0.25, -0.2) is 14.5 Å². The maximum Gasteiger partial charge on any atom is 0.337 e. The fraction of sp³-hybridized carbons (Fsp3) is 0.0833. The van der Waals surface area contributed by atoms with E-state index in [0.717, 1.165) is 16.0 Å². The Bertz CT molecular complexity index is 1350. The Kier molecular flexibility index (Phi) is 5.61. The van der Waals surface area contributed by atoms with Gasteiger partial charge in [-0.05, 0) is 67.4 Å². The first-order valence-electron chi connectivity index (χ1n) is 9.77. The Morgan fingerprint density at radius 1 is 1.03 bits per heavy atom. The number of urea groups is 1. The van der Waals surface area contributed by atoms with E-state index < -0.39 is 23.8 Å². The third-order valence-corrected chi connectivity index (χ3v) is 5.28. The van der Waals surface area contributed by atoms with Crippen LogP contribution < -0.4 is 10.2 Å². The van der Waals surface area contributed by atoms with Gasteiger partial charge in [-0.15, -0.1) is 0 Å². The highest BCUT2D eigenvalue weighted by atomic mass is 35.5. The van der Waals surface area contributed by atoms with E-state index >= 15 is 0 Å². The lowest BCUT2D eigenvalue weighted by Crippen LogP contribution is -2.54. The highest BCUT2D eigenvalue weighted by Crippen LogP contribution is 2.29. The molecule has 166 valence electrons. The molecule has 1 aromatic heterocycles. The van der Waals surface area contributed by atoms with Crippen LogP contribution in [0.5, 0.6) is 0 Å². The molecule has 33 heavy (non-hydrogen) atoms. The van der Waals surface area contributed by atoms with Crippen molar-refractivity contribution >= 4 is 47.2 Å². The Morgan fingerprint density at radius 2 is 1.73 bits per heavy atom. The molecule has 2 N–H and O–H groups in total. The van der Waals surface area contributed by atoms with Crippen molar-refractivity contribution in [2.45, 2.75) is 13.8 Å². The maximum absolute atomic E-state index is 13.1. The van der Waals surface area contributed by atoms with Gasteiger partial charge in [0.15, 0.2) is 0 Å². The van der Waals surface area contributed by atoms with Gasteiger partial charge in [0.05, 0.1) is 16.3 Å². The number of rotatable bonds is 4. The average Bonchev–Trinajstić information content (AvgIpc) is 3.18. The molecule has 2 heterocycles. The molecule has 0 aliphatic carbocycles. The summed E-state index contributed by atoms with van der Waals surface area (Å²) in [5.41, 5.74) is 2.26. The van der Waals surface area contributed by atoms with Crippen LogP contribution in [-0.2, 0) is 9.59 Å². The summed E-state index contributed by atoms with van der Waals surface area (Å²) < 4.78 is 5.71. The minimum absolute atomic E-state index is 0.0424. The first-order chi connectivity index (χ1) is 15.6. The largest absolute Gasteiger partial charge is 0.478 e. The number of imide groups is 2. The van der Waals surface area contributed by atoms with Gasteiger partial charge in [0.2, 0.25) is 0 Å². The second-order valence-electron chi connectivity index (χ2n) is 7.51. The van der Waals surface area contributed by atoms with Crippen LogP contribution in [0.3, 0.4) is 0 Å². The molecule has 1 fully saturated rings. The number of hydrogen-bond acceptors (Lipinski definition) is 5. The van der Waals surface area contributed by atoms with E-state index in [0.29, 0.717) is 17.0 Å². The SMILES string of the molecule is Cc1cc(C)cc(N2C(=O)NC(=O)C(=Cc3ccc(-c4ccc(C(=O)O)c(Cl)c4)o3)C2=O)c1. The fourth-order valence-electron chi connectivity index (χ4n) is 3.54. The molecule has 1 aliphatic heterocycles. The first kappa shape index (κ1) is 22.0. The number of carboxylic acids is 1. The Labute approximate surface area is 193 Å². The number of aromatic carboxylic acids is 1. The standard InChI is InChI=1S/C24H17ClN2O6/c1-12-7-13(2)9-15(8-12)27-22(29)18(21(28)26-24(27)32)11-16-4-6-20(33-16)14-3-5-17(23(30)31)19(25)10-14/h3-11H,1-2H3,(H,30,31)(H,26,28,32). The first-order valence-corrected chi connectivity index (χ1v) is 10.1. The molecule has 0 bridgehead atoms. The second kappa shape index (κ2) is 8.40. The zero-order chi connectivity index (χ0) is 23.9. The van der Waals surface area contributed by atoms with E-state index in [2.05, 4.69) is 5.32 Å². The van der Waals surface area contributed by atoms with E-state index in [1.165, 1.54) is 24.3 Å². The van der Waals surface area contributed by atoms with Gasteiger partial charge in [0.25, 0.3) is 11.8 Å². The molecular formula is C24H17ClN2O6. The number of amides is 4. The summed E-state index contributed by atoms with van der Waals surface area (Å²) in [6, 6.07) is 11.9. The molecule has 2 aromatic carbocycles. The van der Waals surface area contributed by atoms with Gasteiger partial charge in [0.1, 0.15) is 17.1 Å². The molecule has 0 radical (unpaired) electrons. The van der Waals surface area contributed by atoms with Gasteiger partial charge < -0.3 is 9.52 Å². The second-order valence-corrected chi connectivity index (χ2v) is 7.91. The van der Waals surface area contributed by atoms with Gasteiger partial charge in [-0.3, -0.25) is 14.9 Å². The van der Waals surface area contributed by atoms with Crippen molar-refractivity contribution in [3.63, 3.8) is 0 Å². The quantitative estimate of drug-likeness (QED) is 0.431. The number of nitrogens with zero attached hydrogens (tertiary/aromatic N) is 1. The molecule has 0 spiro atoms. The van der Waals surface area contributed by atoms with Crippen LogP contribution in [0.1, 0.15) is 27.2 Å². The van der Waals surface area contributed by atoms with Gasteiger partial charge in [0, 0.05) is 5.56 Å². The molecular weight excluding hydrogens is 448 g/mol. The van der Waals surface area contributed by atoms with Crippen LogP contribution in [0, 0.1) is 13.8 Å². The molecule has 3 aromatic rings. The summed E-state index contributed by atoms with van der Waals surface area (Å²) in [6.45, 7) is 3.68. The van der Waals surface area contributed by atoms with Crippen LogP contribution in [-0.4, -0.2) is 28.9 Å². The van der Waals surface area contributed by atoms with Crippen LogP contribution in [0.2, 0.25) is 5.02 Å². The molecule has 0 saturated carbocycles. The van der Waals surface area contributed by atoms with E-state index in [1.54, 1.807) is 24.3 Å². The number of carboxylic acid groups (broad SMARTS) is 1. The Hall–Kier alpha value is -4.17. The minimum Gasteiger partial charge on any atom is -0.478 e. The smallest absolute Gasteiger partial charge is 0.337 e. The molecule has 4 rings (SSSR count). The zero-order valence-electron chi connectivity index (χ0n) is 17.5. The van der Waals surface area contributed by atoms with Crippen molar-refractivity contribution < 1.29 is 28.7 Å². The molecule has 1 aliphatic rings. The molecule has 1 saturated heterocycles. The summed E-state index contributed by atoms with van der Waals surface area (Å²) in [7, 11) is 0. The molecule has 8 nitrogen and oxygen atoms in total. The van der Waals surface area contributed by atoms with Crippen molar-refractivity contribution in [1.29, 1.82) is 0 Å². The van der Waals surface area contributed by atoms with Crippen LogP contribution in [0.15, 0.2) is 58.5 Å². The van der Waals surface area contributed by atoms with Gasteiger partial charge in [-0.2, -0.15) is 0 Å². The predicted octanol–water partition coefficient (Wildman–Crippen LogP) is 4.58. The van der Waals surface area contributed by atoms with E-state index in [-0.39, 0.29) is 21.9 Å². The third-order valence-electron chi connectivity index (χ3n) is 4.96. The maximum atomic E-state index is 13.1. The lowest BCUT2D eigenvalue weighted by molar-refractivity contribution is -0.122. The third kappa shape index (κ3) is 4.28. The summed E-state index contributed by atoms with van der Waals surface area (Å²) in [6.07, 6.45) is 1.25. The highest BCUT2D eigenvalue weighted by molar-refractivity contribution is 6.39. The van der Waals surface area contributed by atoms with E-state index in [1.807, 2.05) is 19.9 Å².